The molecule has 6 nitrogen and oxygen atoms in total. The minimum atomic E-state index is -0.775. The summed E-state index contributed by atoms with van der Waals surface area (Å²) in [6.45, 7) is 1.89. The van der Waals surface area contributed by atoms with Crippen LogP contribution in [0.15, 0.2) is 63.4 Å². The summed E-state index contributed by atoms with van der Waals surface area (Å²) in [6, 6.07) is 15.7. The quantitative estimate of drug-likeness (QED) is 0.508. The molecule has 0 atom stereocenters. The van der Waals surface area contributed by atoms with Gasteiger partial charge < -0.3 is 19.9 Å². The average molecular weight is 395 g/mol. The molecule has 2 aromatic heterocycles. The maximum Gasteiger partial charge on any atom is 0.291 e. The molecule has 0 bridgehead atoms. The second-order valence-corrected chi connectivity index (χ2v) is 6.73. The summed E-state index contributed by atoms with van der Waals surface area (Å²) in [5.41, 5.74) is 7.78. The number of halogens is 1. The molecule has 0 saturated carbocycles. The molecule has 0 saturated heterocycles. The number of hydrogen-bond acceptors (Lipinski definition) is 4. The van der Waals surface area contributed by atoms with E-state index in [0.717, 1.165) is 11.1 Å². The van der Waals surface area contributed by atoms with Gasteiger partial charge in [-0.3, -0.25) is 9.59 Å². The third-order valence-corrected chi connectivity index (χ3v) is 4.48. The number of carbonyl (C=O) groups excluding carboxylic acids is 2. The highest BCUT2D eigenvalue weighted by molar-refractivity contribution is 6.30. The van der Waals surface area contributed by atoms with Crippen molar-refractivity contribution in [2.75, 3.05) is 5.32 Å². The zero-order valence-corrected chi connectivity index (χ0v) is 15.5. The lowest BCUT2D eigenvalue weighted by Crippen LogP contribution is -2.16. The summed E-state index contributed by atoms with van der Waals surface area (Å²) in [6.07, 6.45) is 0. The number of fused-ring (bicyclic) bond motifs is 1. The normalized spacial score (nSPS) is 10.9. The molecule has 0 radical (unpaired) electrons. The van der Waals surface area contributed by atoms with Crippen molar-refractivity contribution in [2.24, 2.45) is 5.73 Å². The molecule has 28 heavy (non-hydrogen) atoms. The van der Waals surface area contributed by atoms with Crippen molar-refractivity contribution in [1.82, 2.24) is 0 Å². The molecule has 0 aliphatic heterocycles. The van der Waals surface area contributed by atoms with Crippen LogP contribution in [-0.2, 0) is 0 Å². The lowest BCUT2D eigenvalue weighted by molar-refractivity contribution is 0.0977. The number of nitrogens with one attached hydrogen (secondary N) is 1. The first-order valence-electron chi connectivity index (χ1n) is 8.42. The van der Waals surface area contributed by atoms with E-state index in [9.17, 15) is 9.59 Å². The minimum absolute atomic E-state index is 0.0758. The van der Waals surface area contributed by atoms with Crippen LogP contribution in [0.2, 0.25) is 5.02 Å². The number of hydrogen-bond donors (Lipinski definition) is 2. The van der Waals surface area contributed by atoms with E-state index < -0.39 is 11.8 Å². The fourth-order valence-electron chi connectivity index (χ4n) is 2.93. The van der Waals surface area contributed by atoms with E-state index in [0.29, 0.717) is 21.8 Å². The Labute approximate surface area is 164 Å². The molecule has 0 unspecified atom stereocenters. The predicted molar refractivity (Wildman–Crippen MR) is 107 cm³/mol. The van der Waals surface area contributed by atoms with Crippen molar-refractivity contribution in [3.63, 3.8) is 0 Å². The van der Waals surface area contributed by atoms with Crippen LogP contribution < -0.4 is 11.1 Å². The van der Waals surface area contributed by atoms with Gasteiger partial charge in [0.05, 0.1) is 0 Å². The zero-order chi connectivity index (χ0) is 19.8. The number of rotatable bonds is 4. The maximum absolute atomic E-state index is 12.7. The number of nitrogens with two attached hydrogens (primary N) is 1. The summed E-state index contributed by atoms with van der Waals surface area (Å²) in [7, 11) is 0. The third kappa shape index (κ3) is 3.25. The number of anilines is 1. The van der Waals surface area contributed by atoms with Crippen molar-refractivity contribution in [3.05, 3.63) is 76.7 Å². The summed E-state index contributed by atoms with van der Waals surface area (Å²) >= 11 is 6.00. The number of primary amides is 1. The molecule has 4 rings (SSSR count). The molecule has 0 spiro atoms. The summed E-state index contributed by atoms with van der Waals surface area (Å²) in [5, 5.41) is 3.81. The Kier molecular flexibility index (Phi) is 4.41. The lowest BCUT2D eigenvalue weighted by atomic mass is 10.1. The van der Waals surface area contributed by atoms with Crippen LogP contribution in [0.5, 0.6) is 0 Å². The number of furan rings is 2. The molecule has 0 aliphatic rings. The first kappa shape index (κ1) is 17.9. The number of aryl methyl sites for hydroxylation is 1. The van der Waals surface area contributed by atoms with Crippen LogP contribution in [0.1, 0.15) is 26.7 Å². The average Bonchev–Trinajstić information content (AvgIpc) is 3.27. The predicted octanol–water partition coefficient (Wildman–Crippen LogP) is 5.01. The molecule has 2 aromatic carbocycles. The smallest absolute Gasteiger partial charge is 0.291 e. The highest BCUT2D eigenvalue weighted by atomic mass is 35.5. The highest BCUT2D eigenvalue weighted by Gasteiger charge is 2.22. The zero-order valence-electron chi connectivity index (χ0n) is 14.8. The molecule has 4 aromatic rings. The molecular formula is C21H15ClN2O4. The van der Waals surface area contributed by atoms with E-state index in [1.165, 1.54) is 0 Å². The Morgan fingerprint density at radius 1 is 1.04 bits per heavy atom. The van der Waals surface area contributed by atoms with E-state index in [1.54, 1.807) is 42.5 Å². The summed E-state index contributed by atoms with van der Waals surface area (Å²) in [5.74, 6) is -0.847. The Morgan fingerprint density at radius 2 is 1.86 bits per heavy atom. The van der Waals surface area contributed by atoms with Gasteiger partial charge in [-0.15, -0.1) is 0 Å². The third-order valence-electron chi connectivity index (χ3n) is 4.25. The standard InChI is InChI=1S/C21H15ClN2O4/c1-11-5-6-14-17(9-11)28-19(20(23)25)18(14)24-21(26)16-8-7-15(27-16)12-3-2-4-13(22)10-12/h2-10H,1H3,(H2,23,25)(H,24,26). The van der Waals surface area contributed by atoms with Crippen molar-refractivity contribution >= 4 is 40.1 Å². The molecular weight excluding hydrogens is 380 g/mol. The van der Waals surface area contributed by atoms with Gasteiger partial charge in [0, 0.05) is 16.0 Å². The van der Waals surface area contributed by atoms with Crippen LogP contribution in [0.4, 0.5) is 5.69 Å². The number of carbonyl (C=O) groups is 2. The van der Waals surface area contributed by atoms with Crippen LogP contribution in [-0.4, -0.2) is 11.8 Å². The van der Waals surface area contributed by atoms with Gasteiger partial charge in [-0.25, -0.2) is 0 Å². The Bertz CT molecular complexity index is 1220. The summed E-state index contributed by atoms with van der Waals surface area (Å²) in [4.78, 5) is 24.4. The van der Waals surface area contributed by atoms with Gasteiger partial charge in [0.25, 0.3) is 11.8 Å². The topological polar surface area (TPSA) is 98.5 Å². The van der Waals surface area contributed by atoms with Gasteiger partial charge in [-0.05, 0) is 48.9 Å². The van der Waals surface area contributed by atoms with Crippen molar-refractivity contribution < 1.29 is 18.4 Å². The molecule has 2 heterocycles. The van der Waals surface area contributed by atoms with Crippen LogP contribution in [0.3, 0.4) is 0 Å². The SMILES string of the molecule is Cc1ccc2c(NC(=O)c3ccc(-c4cccc(Cl)c4)o3)c(C(N)=O)oc2c1. The van der Waals surface area contributed by atoms with Gasteiger partial charge in [0.1, 0.15) is 17.0 Å². The van der Waals surface area contributed by atoms with Gasteiger partial charge >= 0.3 is 0 Å². The monoisotopic (exact) mass is 394 g/mol. The first-order valence-corrected chi connectivity index (χ1v) is 8.80. The van der Waals surface area contributed by atoms with Crippen LogP contribution in [0, 0.1) is 6.92 Å². The lowest BCUT2D eigenvalue weighted by Gasteiger charge is -2.03. The number of benzene rings is 2. The van der Waals surface area contributed by atoms with E-state index >= 15 is 0 Å². The van der Waals surface area contributed by atoms with Gasteiger partial charge in [-0.2, -0.15) is 0 Å². The molecule has 0 aliphatic carbocycles. The van der Waals surface area contributed by atoms with Crippen LogP contribution >= 0.6 is 11.6 Å². The highest BCUT2D eigenvalue weighted by Crippen LogP contribution is 2.32. The van der Waals surface area contributed by atoms with E-state index in [-0.39, 0.29) is 17.2 Å². The maximum atomic E-state index is 12.7. The molecule has 0 fully saturated rings. The molecule has 2 amide bonds. The molecule has 7 heteroatoms. The van der Waals surface area contributed by atoms with E-state index in [4.69, 9.17) is 26.2 Å². The van der Waals surface area contributed by atoms with Gasteiger partial charge in [0.15, 0.2) is 5.76 Å². The fraction of sp³-hybridized carbons (Fsp3) is 0.0476. The number of amides is 2. The summed E-state index contributed by atoms with van der Waals surface area (Å²) < 4.78 is 11.2. The molecule has 3 N–H and O–H groups in total. The van der Waals surface area contributed by atoms with Gasteiger partial charge in [0.2, 0.25) is 5.76 Å². The second kappa shape index (κ2) is 6.90. The van der Waals surface area contributed by atoms with Crippen molar-refractivity contribution in [3.8, 4) is 11.3 Å². The Balaban J connectivity index is 1.68. The van der Waals surface area contributed by atoms with Crippen LogP contribution in [0.25, 0.3) is 22.3 Å². The molecule has 140 valence electrons. The second-order valence-electron chi connectivity index (χ2n) is 6.30. The van der Waals surface area contributed by atoms with Gasteiger partial charge in [-0.1, -0.05) is 29.8 Å². The first-order chi connectivity index (χ1) is 13.4. The Hall–Kier alpha value is -3.51. The van der Waals surface area contributed by atoms with Crippen molar-refractivity contribution in [1.29, 1.82) is 0 Å². The Morgan fingerprint density at radius 3 is 2.61 bits per heavy atom. The fourth-order valence-corrected chi connectivity index (χ4v) is 3.12. The minimum Gasteiger partial charge on any atom is -0.451 e. The largest absolute Gasteiger partial charge is 0.451 e. The van der Waals surface area contributed by atoms with Crippen molar-refractivity contribution in [2.45, 2.75) is 6.92 Å². The van der Waals surface area contributed by atoms with E-state index in [1.807, 2.05) is 19.1 Å². The van der Waals surface area contributed by atoms with E-state index in [2.05, 4.69) is 5.32 Å².